The number of aromatic nitrogens is 4. The number of hydrogen-bond donors (Lipinski definition) is 0. The van der Waals surface area contributed by atoms with Crippen LogP contribution in [0, 0.1) is 0 Å². The molecule has 0 unspecified atom stereocenters. The van der Waals surface area contributed by atoms with E-state index in [1.165, 1.54) is 31.7 Å². The first-order valence-electron chi connectivity index (χ1n) is 22.7. The molecule has 0 saturated carbocycles. The Balaban J connectivity index is 0.965. The van der Waals surface area contributed by atoms with Gasteiger partial charge in [0, 0.05) is 42.4 Å². The van der Waals surface area contributed by atoms with Gasteiger partial charge in [-0.25, -0.2) is 19.9 Å². The van der Waals surface area contributed by atoms with Crippen molar-refractivity contribution in [1.82, 2.24) is 19.9 Å². The standard InChI is InChI=1S/C62H38N4S2/c1-3-17-39(18-4-1)41-31-35-43(36-32-41)55-59-57(51-27-13-15-29-53(51)67-59)65-61(63-55)49-25-11-9-23-47(49)45-21-7-8-22-46(45)48-24-10-12-26-50(48)62-64-56(60-58(66-62)52-28-14-16-30-54(52)68-60)44-37-33-42(34-38-44)40-19-5-2-6-20-40/h1-38H. The SMILES string of the molecule is c1ccc(-c2ccc(-c3nc(-c4ccccc4-c4ccccc4-c4ccccc4-c4nc(-c5ccc(-c6ccccc6)cc5)c5sc6ccccc6c5n4)nc4c3sc3ccccc34)cc2)cc1. The molecule has 0 amide bonds. The van der Waals surface area contributed by atoms with Crippen molar-refractivity contribution < 1.29 is 0 Å². The number of rotatable bonds is 8. The Kier molecular flexibility index (Phi) is 9.85. The minimum atomic E-state index is 0.683. The predicted octanol–water partition coefficient (Wildman–Crippen LogP) is 17.3. The minimum absolute atomic E-state index is 0.683. The maximum Gasteiger partial charge on any atom is 0.161 e. The lowest BCUT2D eigenvalue weighted by Gasteiger charge is -2.17. The zero-order valence-corrected chi connectivity index (χ0v) is 38.2. The van der Waals surface area contributed by atoms with Crippen molar-refractivity contribution in [2.24, 2.45) is 0 Å². The van der Waals surface area contributed by atoms with Gasteiger partial charge < -0.3 is 0 Å². The van der Waals surface area contributed by atoms with E-state index in [2.05, 4.69) is 231 Å². The third-order valence-electron chi connectivity index (χ3n) is 12.8. The summed E-state index contributed by atoms with van der Waals surface area (Å²) in [5.74, 6) is 1.37. The Hall–Kier alpha value is -8.42. The van der Waals surface area contributed by atoms with Gasteiger partial charge in [-0.3, -0.25) is 0 Å². The molecule has 0 atom stereocenters. The largest absolute Gasteiger partial charge is 0.226 e. The van der Waals surface area contributed by atoms with Gasteiger partial charge >= 0.3 is 0 Å². The fraction of sp³-hybridized carbons (Fsp3) is 0. The molecule has 0 saturated heterocycles. The molecule has 0 bridgehead atoms. The lowest BCUT2D eigenvalue weighted by Crippen LogP contribution is -1.98. The van der Waals surface area contributed by atoms with Crippen LogP contribution in [0.4, 0.5) is 0 Å². The van der Waals surface area contributed by atoms with Crippen LogP contribution in [0.25, 0.3) is 130 Å². The van der Waals surface area contributed by atoms with Crippen LogP contribution >= 0.6 is 22.7 Å². The molecule has 318 valence electrons. The molecule has 4 heterocycles. The van der Waals surface area contributed by atoms with Crippen molar-refractivity contribution in [2.45, 2.75) is 0 Å². The van der Waals surface area contributed by atoms with Gasteiger partial charge in [0.25, 0.3) is 0 Å². The fourth-order valence-electron chi connectivity index (χ4n) is 9.50. The Morgan fingerprint density at radius 3 is 0.926 bits per heavy atom. The first kappa shape index (κ1) is 39.9. The van der Waals surface area contributed by atoms with Crippen molar-refractivity contribution in [3.05, 3.63) is 231 Å². The van der Waals surface area contributed by atoms with E-state index in [4.69, 9.17) is 19.9 Å². The second-order valence-electron chi connectivity index (χ2n) is 16.9. The van der Waals surface area contributed by atoms with Gasteiger partial charge in [0.15, 0.2) is 11.6 Å². The molecule has 0 N–H and O–H groups in total. The molecule has 0 spiro atoms. The lowest BCUT2D eigenvalue weighted by molar-refractivity contribution is 1.24. The van der Waals surface area contributed by atoms with Crippen molar-refractivity contribution >= 4 is 63.3 Å². The molecule has 0 radical (unpaired) electrons. The van der Waals surface area contributed by atoms with E-state index in [0.717, 1.165) is 87.1 Å². The zero-order chi connectivity index (χ0) is 45.0. The summed E-state index contributed by atoms with van der Waals surface area (Å²) >= 11 is 3.50. The maximum absolute atomic E-state index is 5.48. The molecule has 0 aliphatic heterocycles. The maximum atomic E-state index is 5.48. The minimum Gasteiger partial charge on any atom is -0.226 e. The second kappa shape index (κ2) is 16.8. The summed E-state index contributed by atoms with van der Waals surface area (Å²) in [6, 6.07) is 81.4. The normalized spacial score (nSPS) is 11.5. The molecule has 68 heavy (non-hydrogen) atoms. The Morgan fingerprint density at radius 2 is 0.529 bits per heavy atom. The summed E-state index contributed by atoms with van der Waals surface area (Å²) < 4.78 is 4.54. The van der Waals surface area contributed by atoms with Crippen LogP contribution in [0.5, 0.6) is 0 Å². The number of benzene rings is 9. The van der Waals surface area contributed by atoms with Crippen molar-refractivity contribution in [3.8, 4) is 89.8 Å². The molecular formula is C62H38N4S2. The summed E-state index contributed by atoms with van der Waals surface area (Å²) in [5.41, 5.74) is 16.7. The van der Waals surface area contributed by atoms with E-state index in [9.17, 15) is 0 Å². The van der Waals surface area contributed by atoms with E-state index in [0.29, 0.717) is 11.6 Å². The highest BCUT2D eigenvalue weighted by Crippen LogP contribution is 2.45. The fourth-order valence-corrected chi connectivity index (χ4v) is 11.8. The highest BCUT2D eigenvalue weighted by atomic mass is 32.1. The van der Waals surface area contributed by atoms with Crippen LogP contribution in [-0.4, -0.2) is 19.9 Å². The molecule has 9 aromatic carbocycles. The molecular weight excluding hydrogens is 865 g/mol. The molecule has 6 heteroatoms. The van der Waals surface area contributed by atoms with Gasteiger partial charge in [-0.2, -0.15) is 0 Å². The van der Waals surface area contributed by atoms with Crippen LogP contribution < -0.4 is 0 Å². The van der Waals surface area contributed by atoms with E-state index >= 15 is 0 Å². The van der Waals surface area contributed by atoms with Crippen LogP contribution in [0.3, 0.4) is 0 Å². The number of fused-ring (bicyclic) bond motifs is 6. The molecule has 4 aromatic heterocycles. The second-order valence-corrected chi connectivity index (χ2v) is 19.0. The van der Waals surface area contributed by atoms with E-state index in [1.54, 1.807) is 22.7 Å². The average molecular weight is 903 g/mol. The Labute approximate surface area is 401 Å². The number of nitrogens with zero attached hydrogens (tertiary/aromatic N) is 4. The van der Waals surface area contributed by atoms with E-state index in [1.807, 2.05) is 0 Å². The number of thiophene rings is 2. The monoisotopic (exact) mass is 902 g/mol. The molecule has 4 nitrogen and oxygen atoms in total. The highest BCUT2D eigenvalue weighted by molar-refractivity contribution is 7.26. The van der Waals surface area contributed by atoms with Gasteiger partial charge in [-0.05, 0) is 56.6 Å². The summed E-state index contributed by atoms with van der Waals surface area (Å²) in [5, 5.41) is 2.26. The van der Waals surface area contributed by atoms with Crippen molar-refractivity contribution in [2.75, 3.05) is 0 Å². The molecule has 0 fully saturated rings. The number of hydrogen-bond acceptors (Lipinski definition) is 6. The molecule has 0 aliphatic carbocycles. The molecule has 13 rings (SSSR count). The van der Waals surface area contributed by atoms with Crippen molar-refractivity contribution in [1.29, 1.82) is 0 Å². The van der Waals surface area contributed by atoms with Gasteiger partial charge in [-0.1, -0.05) is 218 Å². The van der Waals surface area contributed by atoms with Gasteiger partial charge in [-0.15, -0.1) is 22.7 Å². The molecule has 13 aromatic rings. The summed E-state index contributed by atoms with van der Waals surface area (Å²) in [6.07, 6.45) is 0. The Bertz CT molecular complexity index is 3740. The van der Waals surface area contributed by atoms with Gasteiger partial charge in [0.2, 0.25) is 0 Å². The molecule has 0 aliphatic rings. The zero-order valence-electron chi connectivity index (χ0n) is 36.5. The summed E-state index contributed by atoms with van der Waals surface area (Å²) in [4.78, 5) is 21.8. The average Bonchev–Trinajstić information content (AvgIpc) is 4.00. The van der Waals surface area contributed by atoms with Crippen LogP contribution in [0.15, 0.2) is 231 Å². The van der Waals surface area contributed by atoms with Gasteiger partial charge in [0.1, 0.15) is 0 Å². The van der Waals surface area contributed by atoms with Crippen LogP contribution in [0.1, 0.15) is 0 Å². The van der Waals surface area contributed by atoms with E-state index in [-0.39, 0.29) is 0 Å². The van der Waals surface area contributed by atoms with Crippen LogP contribution in [-0.2, 0) is 0 Å². The summed E-state index contributed by atoms with van der Waals surface area (Å²) in [7, 11) is 0. The van der Waals surface area contributed by atoms with Crippen LogP contribution in [0.2, 0.25) is 0 Å². The smallest absolute Gasteiger partial charge is 0.161 e. The lowest BCUT2D eigenvalue weighted by atomic mass is 9.89. The first-order valence-corrected chi connectivity index (χ1v) is 24.3. The van der Waals surface area contributed by atoms with Crippen molar-refractivity contribution in [3.63, 3.8) is 0 Å². The Morgan fingerprint density at radius 1 is 0.235 bits per heavy atom. The third kappa shape index (κ3) is 6.97. The van der Waals surface area contributed by atoms with E-state index < -0.39 is 0 Å². The van der Waals surface area contributed by atoms with Gasteiger partial charge in [0.05, 0.1) is 31.8 Å². The highest BCUT2D eigenvalue weighted by Gasteiger charge is 2.23. The first-order chi connectivity index (χ1) is 33.7. The predicted molar refractivity (Wildman–Crippen MR) is 287 cm³/mol. The topological polar surface area (TPSA) is 51.6 Å². The summed E-state index contributed by atoms with van der Waals surface area (Å²) in [6.45, 7) is 0. The third-order valence-corrected chi connectivity index (χ3v) is 15.1. The quantitative estimate of drug-likeness (QED) is 0.152.